The number of nitrogens with two attached hydrogens (primary N) is 1. The van der Waals surface area contributed by atoms with Crippen molar-refractivity contribution in [3.05, 3.63) is 11.4 Å². The zero-order valence-electron chi connectivity index (χ0n) is 11.1. The van der Waals surface area contributed by atoms with Gasteiger partial charge in [0, 0.05) is 20.1 Å². The molecule has 0 aliphatic carbocycles. The highest BCUT2D eigenvalue weighted by atomic mass is 32.2. The molecule has 0 bridgehead atoms. The fourth-order valence-electron chi connectivity index (χ4n) is 2.22. The minimum atomic E-state index is -3.03. The summed E-state index contributed by atoms with van der Waals surface area (Å²) in [6, 6.07) is 0. The van der Waals surface area contributed by atoms with Crippen LogP contribution in [0.1, 0.15) is 22.6 Å². The number of carbonyl (C=O) groups excluding carboxylic acids is 1. The van der Waals surface area contributed by atoms with Crippen LogP contribution < -0.4 is 5.73 Å². The lowest BCUT2D eigenvalue weighted by Crippen LogP contribution is -2.35. The Balaban J connectivity index is 2.25. The van der Waals surface area contributed by atoms with E-state index in [4.69, 9.17) is 5.73 Å². The van der Waals surface area contributed by atoms with E-state index in [0.717, 1.165) is 0 Å². The van der Waals surface area contributed by atoms with Crippen molar-refractivity contribution in [2.24, 2.45) is 7.05 Å². The Morgan fingerprint density at radius 2 is 2.00 bits per heavy atom. The van der Waals surface area contributed by atoms with Gasteiger partial charge in [0.25, 0.3) is 5.91 Å². The van der Waals surface area contributed by atoms with Gasteiger partial charge in [0.15, 0.2) is 9.84 Å². The Hall–Kier alpha value is -1.57. The standard InChI is InChI=1S/C11H18N4O3S/c1-8-9(12)10(14(2)13-8)11(16)15-4-3-6-19(17,18)7-5-15/h3-7,12H2,1-2H3. The van der Waals surface area contributed by atoms with E-state index in [1.165, 1.54) is 9.58 Å². The average molecular weight is 286 g/mol. The van der Waals surface area contributed by atoms with Crippen LogP contribution in [-0.4, -0.2) is 53.6 Å². The Labute approximate surface area is 112 Å². The quantitative estimate of drug-likeness (QED) is 0.755. The highest BCUT2D eigenvalue weighted by Crippen LogP contribution is 2.18. The first-order valence-corrected chi connectivity index (χ1v) is 7.93. The fourth-order valence-corrected chi connectivity index (χ4v) is 3.49. The normalized spacial score (nSPS) is 19.2. The van der Waals surface area contributed by atoms with Crippen LogP contribution in [0, 0.1) is 6.92 Å². The van der Waals surface area contributed by atoms with E-state index >= 15 is 0 Å². The van der Waals surface area contributed by atoms with Gasteiger partial charge in [-0.05, 0) is 13.3 Å². The number of sulfone groups is 1. The molecule has 0 saturated carbocycles. The van der Waals surface area contributed by atoms with Gasteiger partial charge in [-0.15, -0.1) is 0 Å². The van der Waals surface area contributed by atoms with Crippen molar-refractivity contribution in [3.8, 4) is 0 Å². The van der Waals surface area contributed by atoms with Crippen LogP contribution in [0.2, 0.25) is 0 Å². The summed E-state index contributed by atoms with van der Waals surface area (Å²) < 4.78 is 24.5. The number of carbonyl (C=O) groups is 1. The van der Waals surface area contributed by atoms with Crippen LogP contribution in [0.5, 0.6) is 0 Å². The Morgan fingerprint density at radius 1 is 1.32 bits per heavy atom. The van der Waals surface area contributed by atoms with Crippen LogP contribution >= 0.6 is 0 Å². The van der Waals surface area contributed by atoms with Crippen LogP contribution in [0.25, 0.3) is 0 Å². The molecule has 0 unspecified atom stereocenters. The topological polar surface area (TPSA) is 98.3 Å². The molecule has 1 aliphatic heterocycles. The van der Waals surface area contributed by atoms with Crippen LogP contribution in [0.15, 0.2) is 0 Å². The zero-order valence-corrected chi connectivity index (χ0v) is 11.9. The number of nitrogens with zero attached hydrogens (tertiary/aromatic N) is 3. The number of aryl methyl sites for hydroxylation is 2. The summed E-state index contributed by atoms with van der Waals surface area (Å²) in [4.78, 5) is 13.9. The average Bonchev–Trinajstić information content (AvgIpc) is 2.49. The third kappa shape index (κ3) is 2.73. The van der Waals surface area contributed by atoms with E-state index in [2.05, 4.69) is 5.10 Å². The number of hydrogen-bond acceptors (Lipinski definition) is 5. The molecule has 1 fully saturated rings. The number of hydrogen-bond donors (Lipinski definition) is 1. The minimum absolute atomic E-state index is 0.00940. The van der Waals surface area contributed by atoms with Gasteiger partial charge in [-0.25, -0.2) is 8.42 Å². The fraction of sp³-hybridized carbons (Fsp3) is 0.636. The number of amides is 1. The number of anilines is 1. The molecule has 0 spiro atoms. The van der Waals surface area contributed by atoms with Crippen molar-refractivity contribution in [1.82, 2.24) is 14.7 Å². The monoisotopic (exact) mass is 286 g/mol. The summed E-state index contributed by atoms with van der Waals surface area (Å²) in [5, 5.41) is 4.10. The largest absolute Gasteiger partial charge is 0.395 e. The van der Waals surface area contributed by atoms with Gasteiger partial charge in [0.05, 0.1) is 22.9 Å². The second-order valence-electron chi connectivity index (χ2n) is 4.77. The van der Waals surface area contributed by atoms with Crippen molar-refractivity contribution in [3.63, 3.8) is 0 Å². The van der Waals surface area contributed by atoms with Gasteiger partial charge in [-0.3, -0.25) is 9.48 Å². The molecule has 106 valence electrons. The van der Waals surface area contributed by atoms with E-state index < -0.39 is 9.84 Å². The highest BCUT2D eigenvalue weighted by Gasteiger charge is 2.27. The maximum atomic E-state index is 12.4. The van der Waals surface area contributed by atoms with Crippen LogP contribution in [0.3, 0.4) is 0 Å². The molecule has 0 atom stereocenters. The van der Waals surface area contributed by atoms with E-state index in [1.807, 2.05) is 0 Å². The second-order valence-corrected chi connectivity index (χ2v) is 7.07. The minimum Gasteiger partial charge on any atom is -0.395 e. The molecule has 1 saturated heterocycles. The summed E-state index contributed by atoms with van der Waals surface area (Å²) >= 11 is 0. The Bertz CT molecular complexity index is 606. The maximum absolute atomic E-state index is 12.4. The van der Waals surface area contributed by atoms with Gasteiger partial charge in [-0.2, -0.15) is 5.10 Å². The summed E-state index contributed by atoms with van der Waals surface area (Å²) in [6.45, 7) is 2.38. The molecule has 2 N–H and O–H groups in total. The molecule has 1 amide bonds. The molecule has 2 heterocycles. The van der Waals surface area contributed by atoms with Gasteiger partial charge in [-0.1, -0.05) is 0 Å². The summed E-state index contributed by atoms with van der Waals surface area (Å²) in [5.41, 5.74) is 7.15. The molecular weight excluding hydrogens is 268 g/mol. The lowest BCUT2D eigenvalue weighted by Gasteiger charge is -2.19. The third-order valence-electron chi connectivity index (χ3n) is 3.31. The maximum Gasteiger partial charge on any atom is 0.274 e. The summed E-state index contributed by atoms with van der Waals surface area (Å²) in [6.07, 6.45) is 0.463. The van der Waals surface area contributed by atoms with Gasteiger partial charge >= 0.3 is 0 Å². The number of nitrogen functional groups attached to an aromatic ring is 1. The highest BCUT2D eigenvalue weighted by molar-refractivity contribution is 7.91. The van der Waals surface area contributed by atoms with E-state index in [1.54, 1.807) is 14.0 Å². The first-order valence-electron chi connectivity index (χ1n) is 6.10. The smallest absolute Gasteiger partial charge is 0.274 e. The Kier molecular flexibility index (Phi) is 3.53. The summed E-state index contributed by atoms with van der Waals surface area (Å²) in [5.74, 6) is -0.107. The SMILES string of the molecule is Cc1nn(C)c(C(=O)N2CCCS(=O)(=O)CC2)c1N. The predicted molar refractivity (Wildman–Crippen MR) is 71.5 cm³/mol. The van der Waals surface area contributed by atoms with E-state index in [-0.39, 0.29) is 24.0 Å². The molecule has 1 aliphatic rings. The predicted octanol–water partition coefficient (Wildman–Crippen LogP) is -0.429. The molecule has 8 heteroatoms. The first kappa shape index (κ1) is 13.9. The first-order chi connectivity index (χ1) is 8.82. The van der Waals surface area contributed by atoms with Crippen molar-refractivity contribution in [2.75, 3.05) is 30.3 Å². The molecule has 1 aromatic heterocycles. The molecule has 0 radical (unpaired) electrons. The lowest BCUT2D eigenvalue weighted by atomic mass is 10.2. The van der Waals surface area contributed by atoms with E-state index in [9.17, 15) is 13.2 Å². The Morgan fingerprint density at radius 3 is 2.58 bits per heavy atom. The number of aromatic nitrogens is 2. The molecule has 7 nitrogen and oxygen atoms in total. The zero-order chi connectivity index (χ0) is 14.2. The van der Waals surface area contributed by atoms with Gasteiger partial charge in [0.2, 0.25) is 0 Å². The van der Waals surface area contributed by atoms with Gasteiger partial charge in [0.1, 0.15) is 5.69 Å². The van der Waals surface area contributed by atoms with Crippen molar-refractivity contribution in [1.29, 1.82) is 0 Å². The van der Waals surface area contributed by atoms with Crippen molar-refractivity contribution >= 4 is 21.4 Å². The van der Waals surface area contributed by atoms with Gasteiger partial charge < -0.3 is 10.6 Å². The summed E-state index contributed by atoms with van der Waals surface area (Å²) in [7, 11) is -1.37. The second kappa shape index (κ2) is 4.84. The number of rotatable bonds is 1. The van der Waals surface area contributed by atoms with Crippen LogP contribution in [-0.2, 0) is 16.9 Å². The van der Waals surface area contributed by atoms with Crippen LogP contribution in [0.4, 0.5) is 5.69 Å². The third-order valence-corrected chi connectivity index (χ3v) is 5.03. The molecule has 0 aromatic carbocycles. The molecular formula is C11H18N4O3S. The van der Waals surface area contributed by atoms with E-state index in [0.29, 0.717) is 30.0 Å². The molecule has 1 aromatic rings. The van der Waals surface area contributed by atoms with Crippen molar-refractivity contribution < 1.29 is 13.2 Å². The molecule has 19 heavy (non-hydrogen) atoms. The van der Waals surface area contributed by atoms with Crippen molar-refractivity contribution in [2.45, 2.75) is 13.3 Å². The lowest BCUT2D eigenvalue weighted by molar-refractivity contribution is 0.0758. The molecule has 2 rings (SSSR count).